The SMILES string of the molecule is CCCn1c(-c2cncc(O)c2)nc2cc(F)ccc21. The van der Waals surface area contributed by atoms with Crippen LogP contribution in [0, 0.1) is 5.82 Å². The number of hydrogen-bond acceptors (Lipinski definition) is 3. The van der Waals surface area contributed by atoms with Gasteiger partial charge in [-0.05, 0) is 24.6 Å². The summed E-state index contributed by atoms with van der Waals surface area (Å²) in [5.74, 6) is 0.471. The molecule has 2 aromatic heterocycles. The summed E-state index contributed by atoms with van der Waals surface area (Å²) in [7, 11) is 0. The number of halogens is 1. The molecule has 0 aliphatic carbocycles. The molecule has 0 spiro atoms. The van der Waals surface area contributed by atoms with Gasteiger partial charge in [-0.1, -0.05) is 6.92 Å². The van der Waals surface area contributed by atoms with Gasteiger partial charge in [-0.2, -0.15) is 0 Å². The second-order valence-electron chi connectivity index (χ2n) is 4.65. The van der Waals surface area contributed by atoms with Crippen molar-refractivity contribution in [1.29, 1.82) is 0 Å². The van der Waals surface area contributed by atoms with E-state index in [9.17, 15) is 9.50 Å². The van der Waals surface area contributed by atoms with E-state index in [-0.39, 0.29) is 11.6 Å². The van der Waals surface area contributed by atoms with Gasteiger partial charge in [-0.25, -0.2) is 9.37 Å². The summed E-state index contributed by atoms with van der Waals surface area (Å²) in [6, 6.07) is 6.19. The van der Waals surface area contributed by atoms with Crippen LogP contribution >= 0.6 is 0 Å². The molecule has 0 aliphatic rings. The van der Waals surface area contributed by atoms with Gasteiger partial charge in [-0.15, -0.1) is 0 Å². The molecule has 0 saturated carbocycles. The molecule has 0 fully saturated rings. The molecule has 0 saturated heterocycles. The molecule has 1 N–H and O–H groups in total. The molecule has 3 rings (SSSR count). The second-order valence-corrected chi connectivity index (χ2v) is 4.65. The number of aromatic hydroxyl groups is 1. The number of aromatic nitrogens is 3. The predicted molar refractivity (Wildman–Crippen MR) is 74.9 cm³/mol. The number of benzene rings is 1. The van der Waals surface area contributed by atoms with Crippen LogP contribution in [0.25, 0.3) is 22.4 Å². The Bertz CT molecular complexity index is 767. The summed E-state index contributed by atoms with van der Waals surface area (Å²) < 4.78 is 15.3. The van der Waals surface area contributed by atoms with Gasteiger partial charge in [0.2, 0.25) is 0 Å². The van der Waals surface area contributed by atoms with Crippen molar-refractivity contribution in [3.8, 4) is 17.1 Å². The number of nitrogens with zero attached hydrogens (tertiary/aromatic N) is 3. The van der Waals surface area contributed by atoms with Crippen LogP contribution in [0.4, 0.5) is 4.39 Å². The van der Waals surface area contributed by atoms with Crippen molar-refractivity contribution in [3.63, 3.8) is 0 Å². The Labute approximate surface area is 115 Å². The van der Waals surface area contributed by atoms with Crippen LogP contribution in [0.15, 0.2) is 36.7 Å². The van der Waals surface area contributed by atoms with Crippen LogP contribution in [-0.4, -0.2) is 19.6 Å². The average molecular weight is 271 g/mol. The third-order valence-corrected chi connectivity index (χ3v) is 3.14. The minimum absolute atomic E-state index is 0.0868. The Morgan fingerprint density at radius 1 is 1.25 bits per heavy atom. The molecule has 0 unspecified atom stereocenters. The molecule has 0 aliphatic heterocycles. The van der Waals surface area contributed by atoms with Crippen molar-refractivity contribution in [2.24, 2.45) is 0 Å². The largest absolute Gasteiger partial charge is 0.506 e. The quantitative estimate of drug-likeness (QED) is 0.794. The first kappa shape index (κ1) is 12.6. The van der Waals surface area contributed by atoms with Crippen molar-refractivity contribution in [2.45, 2.75) is 19.9 Å². The van der Waals surface area contributed by atoms with E-state index in [1.807, 2.05) is 4.57 Å². The zero-order chi connectivity index (χ0) is 14.1. The maximum atomic E-state index is 13.3. The lowest BCUT2D eigenvalue weighted by atomic mass is 10.2. The van der Waals surface area contributed by atoms with E-state index in [1.165, 1.54) is 18.3 Å². The minimum atomic E-state index is -0.306. The third-order valence-electron chi connectivity index (χ3n) is 3.14. The van der Waals surface area contributed by atoms with Gasteiger partial charge in [0.1, 0.15) is 17.4 Å². The fourth-order valence-corrected chi connectivity index (χ4v) is 2.32. The smallest absolute Gasteiger partial charge is 0.142 e. The number of hydrogen-bond donors (Lipinski definition) is 1. The van der Waals surface area contributed by atoms with Crippen LogP contribution in [0.5, 0.6) is 5.75 Å². The summed E-state index contributed by atoms with van der Waals surface area (Å²) in [4.78, 5) is 8.45. The Kier molecular flexibility index (Phi) is 3.10. The van der Waals surface area contributed by atoms with Crippen LogP contribution < -0.4 is 0 Å². The van der Waals surface area contributed by atoms with Crippen LogP contribution in [0.2, 0.25) is 0 Å². The molecule has 2 heterocycles. The van der Waals surface area contributed by atoms with Crippen molar-refractivity contribution >= 4 is 11.0 Å². The average Bonchev–Trinajstić information content (AvgIpc) is 2.77. The first-order valence-corrected chi connectivity index (χ1v) is 6.49. The zero-order valence-corrected chi connectivity index (χ0v) is 11.0. The first-order chi connectivity index (χ1) is 9.69. The van der Waals surface area contributed by atoms with Gasteiger partial charge in [-0.3, -0.25) is 4.98 Å². The van der Waals surface area contributed by atoms with Crippen LogP contribution in [-0.2, 0) is 6.54 Å². The molecule has 1 aromatic carbocycles. The van der Waals surface area contributed by atoms with Gasteiger partial charge >= 0.3 is 0 Å². The van der Waals surface area contributed by atoms with Gasteiger partial charge in [0.05, 0.1) is 17.2 Å². The standard InChI is InChI=1S/C15H14FN3O/c1-2-5-19-14-4-3-11(16)7-13(14)18-15(19)10-6-12(20)9-17-8-10/h3-4,6-9,20H,2,5H2,1H3. The molecule has 102 valence electrons. The van der Waals surface area contributed by atoms with E-state index < -0.39 is 0 Å². The number of aryl methyl sites for hydroxylation is 1. The fraction of sp³-hybridized carbons (Fsp3) is 0.200. The highest BCUT2D eigenvalue weighted by atomic mass is 19.1. The lowest BCUT2D eigenvalue weighted by Crippen LogP contribution is -1.99. The van der Waals surface area contributed by atoms with E-state index in [1.54, 1.807) is 18.3 Å². The summed E-state index contributed by atoms with van der Waals surface area (Å²) in [6.45, 7) is 2.84. The minimum Gasteiger partial charge on any atom is -0.506 e. The normalized spacial score (nSPS) is 11.1. The fourth-order valence-electron chi connectivity index (χ4n) is 2.32. The van der Waals surface area contributed by atoms with Gasteiger partial charge in [0.15, 0.2) is 0 Å². The summed E-state index contributed by atoms with van der Waals surface area (Å²) >= 11 is 0. The molecule has 20 heavy (non-hydrogen) atoms. The van der Waals surface area contributed by atoms with Crippen molar-refractivity contribution < 1.29 is 9.50 Å². The molecule has 0 amide bonds. The van der Waals surface area contributed by atoms with E-state index in [2.05, 4.69) is 16.9 Å². The van der Waals surface area contributed by atoms with E-state index in [0.717, 1.165) is 24.0 Å². The van der Waals surface area contributed by atoms with Gasteiger partial charge in [0.25, 0.3) is 0 Å². The molecule has 3 aromatic rings. The highest BCUT2D eigenvalue weighted by Crippen LogP contribution is 2.27. The Balaban J connectivity index is 2.25. The Hall–Kier alpha value is -2.43. The lowest BCUT2D eigenvalue weighted by Gasteiger charge is -2.07. The lowest BCUT2D eigenvalue weighted by molar-refractivity contribution is 0.473. The second kappa shape index (κ2) is 4.92. The molecular weight excluding hydrogens is 257 g/mol. The Morgan fingerprint density at radius 3 is 2.85 bits per heavy atom. The van der Waals surface area contributed by atoms with Crippen molar-refractivity contribution in [3.05, 3.63) is 42.5 Å². The highest BCUT2D eigenvalue weighted by Gasteiger charge is 2.13. The molecule has 5 heteroatoms. The van der Waals surface area contributed by atoms with Crippen LogP contribution in [0.1, 0.15) is 13.3 Å². The van der Waals surface area contributed by atoms with Gasteiger partial charge < -0.3 is 9.67 Å². The number of pyridine rings is 1. The summed E-state index contributed by atoms with van der Waals surface area (Å²) in [5, 5.41) is 9.55. The number of imidazole rings is 1. The monoisotopic (exact) mass is 271 g/mol. The molecule has 0 bridgehead atoms. The van der Waals surface area contributed by atoms with E-state index >= 15 is 0 Å². The number of rotatable bonds is 3. The summed E-state index contributed by atoms with van der Waals surface area (Å²) in [5.41, 5.74) is 2.21. The maximum absolute atomic E-state index is 13.3. The zero-order valence-electron chi connectivity index (χ0n) is 11.0. The molecular formula is C15H14FN3O. The van der Waals surface area contributed by atoms with E-state index in [0.29, 0.717) is 11.3 Å². The third kappa shape index (κ3) is 2.11. The first-order valence-electron chi connectivity index (χ1n) is 6.49. The van der Waals surface area contributed by atoms with Gasteiger partial charge in [0, 0.05) is 24.4 Å². The topological polar surface area (TPSA) is 50.9 Å². The summed E-state index contributed by atoms with van der Waals surface area (Å²) in [6.07, 6.45) is 3.95. The maximum Gasteiger partial charge on any atom is 0.142 e. The molecule has 4 nitrogen and oxygen atoms in total. The highest BCUT2D eigenvalue weighted by molar-refractivity contribution is 5.80. The van der Waals surface area contributed by atoms with E-state index in [4.69, 9.17) is 0 Å². The number of fused-ring (bicyclic) bond motifs is 1. The van der Waals surface area contributed by atoms with Crippen LogP contribution in [0.3, 0.4) is 0 Å². The van der Waals surface area contributed by atoms with Crippen molar-refractivity contribution in [1.82, 2.24) is 14.5 Å². The Morgan fingerprint density at radius 2 is 2.10 bits per heavy atom. The molecule has 0 radical (unpaired) electrons. The molecule has 0 atom stereocenters. The van der Waals surface area contributed by atoms with Crippen molar-refractivity contribution in [2.75, 3.05) is 0 Å². The predicted octanol–water partition coefficient (Wildman–Crippen LogP) is 3.35.